The van der Waals surface area contributed by atoms with Crippen LogP contribution < -0.4 is 5.32 Å². The predicted octanol–water partition coefficient (Wildman–Crippen LogP) is 2.73. The van der Waals surface area contributed by atoms with Crippen LogP contribution in [-0.2, 0) is 6.42 Å². The first-order valence-electron chi connectivity index (χ1n) is 4.25. The Morgan fingerprint density at radius 3 is 2.92 bits per heavy atom. The van der Waals surface area contributed by atoms with Gasteiger partial charge in [0.1, 0.15) is 5.82 Å². The second-order valence-electron chi connectivity index (χ2n) is 2.30. The van der Waals surface area contributed by atoms with E-state index in [1.54, 1.807) is 6.20 Å². The van der Waals surface area contributed by atoms with Crippen LogP contribution in [0.2, 0.25) is 5.02 Å². The van der Waals surface area contributed by atoms with Crippen LogP contribution in [0, 0.1) is 0 Å². The number of pyridine rings is 1. The maximum atomic E-state index is 5.89. The maximum absolute atomic E-state index is 5.89. The van der Waals surface area contributed by atoms with Crippen molar-refractivity contribution in [1.29, 1.82) is 0 Å². The third-order valence-electron chi connectivity index (χ3n) is 1.67. The van der Waals surface area contributed by atoms with Gasteiger partial charge >= 0.3 is 0 Å². The van der Waals surface area contributed by atoms with Gasteiger partial charge in [0, 0.05) is 23.3 Å². The minimum atomic E-state index is 0.829. The van der Waals surface area contributed by atoms with E-state index in [1.807, 2.05) is 19.9 Å². The van der Waals surface area contributed by atoms with Crippen LogP contribution in [0.3, 0.4) is 0 Å². The Bertz CT molecular complexity index is 261. The summed E-state index contributed by atoms with van der Waals surface area (Å²) >= 11 is 5.89. The van der Waals surface area contributed by atoms with Crippen molar-refractivity contribution in [2.24, 2.45) is 0 Å². The first-order chi connectivity index (χ1) is 5.88. The van der Waals surface area contributed by atoms with E-state index in [2.05, 4.69) is 10.3 Å². The van der Waals surface area contributed by atoms with E-state index in [-0.39, 0.29) is 0 Å². The first kappa shape index (κ1) is 9.33. The van der Waals surface area contributed by atoms with Crippen molar-refractivity contribution >= 4 is 17.4 Å². The van der Waals surface area contributed by atoms with Crippen LogP contribution in [0.1, 0.15) is 19.4 Å². The van der Waals surface area contributed by atoms with Gasteiger partial charge in [0.2, 0.25) is 0 Å². The van der Waals surface area contributed by atoms with Gasteiger partial charge < -0.3 is 5.32 Å². The van der Waals surface area contributed by atoms with E-state index in [4.69, 9.17) is 11.6 Å². The zero-order valence-electron chi connectivity index (χ0n) is 7.39. The van der Waals surface area contributed by atoms with Crippen LogP contribution in [0.4, 0.5) is 5.82 Å². The van der Waals surface area contributed by atoms with Crippen LogP contribution in [0.5, 0.6) is 0 Å². The summed E-state index contributed by atoms with van der Waals surface area (Å²) < 4.78 is 0. The Labute approximate surface area is 78.0 Å². The lowest BCUT2D eigenvalue weighted by Crippen LogP contribution is -1.92. The number of hydrogen-bond acceptors (Lipinski definition) is 2. The molecule has 1 aliphatic rings. The third-order valence-corrected chi connectivity index (χ3v) is 2.02. The fourth-order valence-electron chi connectivity index (χ4n) is 1.16. The lowest BCUT2D eigenvalue weighted by Gasteiger charge is -1.97. The molecule has 0 spiro atoms. The van der Waals surface area contributed by atoms with Crippen LogP contribution >= 0.6 is 11.6 Å². The lowest BCUT2D eigenvalue weighted by atomic mass is 10.2. The molecule has 2 nitrogen and oxygen atoms in total. The molecule has 66 valence electrons. The van der Waals surface area contributed by atoms with E-state index in [0.29, 0.717) is 0 Å². The van der Waals surface area contributed by atoms with E-state index in [1.165, 1.54) is 0 Å². The van der Waals surface area contributed by atoms with Crippen LogP contribution in [0.15, 0.2) is 12.3 Å². The van der Waals surface area contributed by atoms with Crippen molar-refractivity contribution in [1.82, 2.24) is 4.98 Å². The molecule has 0 saturated carbocycles. The number of rotatable bonds is 0. The summed E-state index contributed by atoms with van der Waals surface area (Å²) in [6.07, 6.45) is 2.72. The molecule has 2 rings (SSSR count). The van der Waals surface area contributed by atoms with Crippen molar-refractivity contribution in [2.45, 2.75) is 20.3 Å². The summed E-state index contributed by atoms with van der Waals surface area (Å²) in [5.74, 6) is 0.951. The number of nitrogens with one attached hydrogen (secondary N) is 1. The molecule has 0 atom stereocenters. The van der Waals surface area contributed by atoms with Gasteiger partial charge in [0.15, 0.2) is 0 Å². The van der Waals surface area contributed by atoms with Gasteiger partial charge in [-0.1, -0.05) is 25.4 Å². The van der Waals surface area contributed by atoms with Gasteiger partial charge in [-0.25, -0.2) is 4.98 Å². The minimum Gasteiger partial charge on any atom is -0.369 e. The van der Waals surface area contributed by atoms with Gasteiger partial charge in [0.25, 0.3) is 0 Å². The van der Waals surface area contributed by atoms with E-state index >= 15 is 0 Å². The normalized spacial score (nSPS) is 12.6. The molecule has 0 saturated heterocycles. The Morgan fingerprint density at radius 1 is 1.50 bits per heavy atom. The number of fused-ring (bicyclic) bond motifs is 1. The molecule has 1 aromatic heterocycles. The molecule has 0 fully saturated rings. The average molecular weight is 185 g/mol. The monoisotopic (exact) mass is 184 g/mol. The Kier molecular flexibility index (Phi) is 3.35. The largest absolute Gasteiger partial charge is 0.369 e. The van der Waals surface area contributed by atoms with Gasteiger partial charge in [-0.2, -0.15) is 0 Å². The third kappa shape index (κ3) is 1.69. The van der Waals surface area contributed by atoms with Gasteiger partial charge in [-0.05, 0) is 12.5 Å². The zero-order chi connectivity index (χ0) is 8.97. The highest BCUT2D eigenvalue weighted by atomic mass is 35.5. The van der Waals surface area contributed by atoms with Crippen molar-refractivity contribution in [2.75, 3.05) is 11.9 Å². The molecule has 1 N–H and O–H groups in total. The van der Waals surface area contributed by atoms with Crippen LogP contribution in [-0.4, -0.2) is 11.5 Å². The second kappa shape index (κ2) is 4.31. The minimum absolute atomic E-state index is 0.829. The average Bonchev–Trinajstić information content (AvgIpc) is 2.57. The number of nitrogens with zero attached hydrogens (tertiary/aromatic N) is 1. The standard InChI is InChI=1S/C7H7ClN2.C2H6/c8-6-2-4-10-7-5(6)1-3-9-7;1-2/h2,4H,1,3H2,(H,9,10);1-2H3. The maximum Gasteiger partial charge on any atom is 0.130 e. The summed E-state index contributed by atoms with van der Waals surface area (Å²) in [5.41, 5.74) is 1.16. The molecule has 0 aromatic carbocycles. The van der Waals surface area contributed by atoms with E-state index < -0.39 is 0 Å². The van der Waals surface area contributed by atoms with E-state index in [9.17, 15) is 0 Å². The number of halogens is 1. The topological polar surface area (TPSA) is 24.9 Å². The molecule has 0 aliphatic carbocycles. The number of anilines is 1. The zero-order valence-corrected chi connectivity index (χ0v) is 8.15. The lowest BCUT2D eigenvalue weighted by molar-refractivity contribution is 1.11. The highest BCUT2D eigenvalue weighted by molar-refractivity contribution is 6.31. The summed E-state index contributed by atoms with van der Waals surface area (Å²) in [7, 11) is 0. The number of hydrogen-bond donors (Lipinski definition) is 1. The van der Waals surface area contributed by atoms with E-state index in [0.717, 1.165) is 29.4 Å². The Hall–Kier alpha value is -0.760. The molecule has 1 aromatic rings. The van der Waals surface area contributed by atoms with Crippen molar-refractivity contribution < 1.29 is 0 Å². The smallest absolute Gasteiger partial charge is 0.130 e. The fraction of sp³-hybridized carbons (Fsp3) is 0.444. The molecular weight excluding hydrogens is 172 g/mol. The summed E-state index contributed by atoms with van der Waals surface area (Å²) in [6, 6.07) is 1.83. The van der Waals surface area contributed by atoms with Gasteiger partial charge in [-0.3, -0.25) is 0 Å². The Balaban J connectivity index is 0.000000336. The molecule has 3 heteroatoms. The Morgan fingerprint density at radius 2 is 2.25 bits per heavy atom. The van der Waals surface area contributed by atoms with Crippen molar-refractivity contribution in [3.63, 3.8) is 0 Å². The molecule has 12 heavy (non-hydrogen) atoms. The van der Waals surface area contributed by atoms with Crippen molar-refractivity contribution in [3.8, 4) is 0 Å². The highest BCUT2D eigenvalue weighted by Gasteiger charge is 2.12. The molecule has 2 heterocycles. The van der Waals surface area contributed by atoms with Crippen LogP contribution in [0.25, 0.3) is 0 Å². The molecule has 0 bridgehead atoms. The first-order valence-corrected chi connectivity index (χ1v) is 4.63. The quantitative estimate of drug-likeness (QED) is 0.671. The summed E-state index contributed by atoms with van der Waals surface area (Å²) in [5, 5.41) is 3.97. The number of aromatic nitrogens is 1. The SMILES string of the molecule is CC.Clc1ccnc2c1CCN2. The molecule has 0 unspecified atom stereocenters. The summed E-state index contributed by atoms with van der Waals surface area (Å²) in [4.78, 5) is 4.12. The second-order valence-corrected chi connectivity index (χ2v) is 2.70. The highest BCUT2D eigenvalue weighted by Crippen LogP contribution is 2.25. The van der Waals surface area contributed by atoms with Gasteiger partial charge in [0.05, 0.1) is 0 Å². The molecule has 0 amide bonds. The predicted molar refractivity (Wildman–Crippen MR) is 52.8 cm³/mol. The summed E-state index contributed by atoms with van der Waals surface area (Å²) in [6.45, 7) is 4.96. The molecular formula is C9H13ClN2. The van der Waals surface area contributed by atoms with Gasteiger partial charge in [-0.15, -0.1) is 0 Å². The molecule has 0 radical (unpaired) electrons. The van der Waals surface area contributed by atoms with Crippen molar-refractivity contribution in [3.05, 3.63) is 22.8 Å². The fourth-order valence-corrected chi connectivity index (χ4v) is 1.41. The molecule has 1 aliphatic heterocycles.